The summed E-state index contributed by atoms with van der Waals surface area (Å²) >= 11 is -6.25. The zero-order chi connectivity index (χ0) is 18.3. The molecular weight excluding hydrogens is 358 g/mol. The Morgan fingerprint density at radius 1 is 0.955 bits per heavy atom. The van der Waals surface area contributed by atoms with Gasteiger partial charge in [0.2, 0.25) is 0 Å². The Morgan fingerprint density at radius 3 is 1.45 bits per heavy atom. The molecule has 13 heteroatoms. The molecule has 0 amide bonds. The third-order valence-corrected chi connectivity index (χ3v) is 2.70. The van der Waals surface area contributed by atoms with Crippen molar-refractivity contribution in [3.05, 3.63) is 0 Å². The number of hydrogen-bond acceptors (Lipinski definition) is 5. The maximum absolute atomic E-state index is 8.57. The van der Waals surface area contributed by atoms with Crippen molar-refractivity contribution in [3.8, 4) is 0 Å². The first-order valence-corrected chi connectivity index (χ1v) is 10.5. The van der Waals surface area contributed by atoms with Gasteiger partial charge >= 0.3 is 93.8 Å². The van der Waals surface area contributed by atoms with E-state index >= 15 is 0 Å². The molecule has 1 rings (SSSR count). The molecule has 1 fully saturated rings. The Kier molecular flexibility index (Phi) is 40.7. The van der Waals surface area contributed by atoms with Gasteiger partial charge in [-0.15, -0.1) is 0 Å². The molecule has 0 unspecified atom stereocenters. The van der Waals surface area contributed by atoms with Gasteiger partial charge in [-0.2, -0.15) is 0 Å². The van der Waals surface area contributed by atoms with Gasteiger partial charge in [-0.3, -0.25) is 0 Å². The van der Waals surface area contributed by atoms with Gasteiger partial charge in [-0.05, 0) is 6.42 Å². The first-order valence-electron chi connectivity index (χ1n) is 6.56. The minimum absolute atomic E-state index is 1.36. The molecule has 1 heterocycles. The van der Waals surface area contributed by atoms with Gasteiger partial charge in [-0.1, -0.05) is 13.3 Å². The van der Waals surface area contributed by atoms with Crippen molar-refractivity contribution in [1.82, 2.24) is 0 Å². The van der Waals surface area contributed by atoms with Gasteiger partial charge in [0.15, 0.2) is 0 Å². The van der Waals surface area contributed by atoms with Crippen molar-refractivity contribution in [2.45, 2.75) is 32.6 Å². The van der Waals surface area contributed by atoms with Crippen molar-refractivity contribution < 1.29 is 36.3 Å². The number of unbranched alkanes of at least 4 members (excludes halogenated alkanes) is 1. The third-order valence-electron chi connectivity index (χ3n) is 2.70. The molecule has 0 aromatic heterocycles. The summed E-state index contributed by atoms with van der Waals surface area (Å²) in [5.74, 6) is 0. The Hall–Kier alpha value is 0.490. The van der Waals surface area contributed by atoms with E-state index in [2.05, 4.69) is 14.0 Å². The zero-order valence-corrected chi connectivity index (χ0v) is 17.7. The molecule has 1 aliphatic heterocycles. The van der Waals surface area contributed by atoms with E-state index in [4.69, 9.17) is 31.8 Å². The van der Waals surface area contributed by atoms with Crippen LogP contribution in [0.1, 0.15) is 32.6 Å². The molecule has 22 heavy (non-hydrogen) atoms. The molecule has 0 saturated carbocycles. The minimum atomic E-state index is -1.75. The monoisotopic (exact) mass is 381 g/mol. The summed E-state index contributed by atoms with van der Waals surface area (Å²) < 4.78 is 65.3. The molecule has 0 atom stereocenters. The van der Waals surface area contributed by atoms with Gasteiger partial charge in [-0.25, -0.2) is 0 Å². The van der Waals surface area contributed by atoms with Crippen molar-refractivity contribution >= 4 is 61.9 Å². The van der Waals surface area contributed by atoms with E-state index in [-0.39, 0.29) is 0 Å². The molecule has 1 saturated heterocycles. The van der Waals surface area contributed by atoms with Crippen LogP contribution in [0.4, 0.5) is 0 Å². The molecule has 0 aliphatic carbocycles. The number of hydrogen-bond donors (Lipinski definition) is 3. The quantitative estimate of drug-likeness (QED) is 0.349. The molecule has 3 N–H and O–H groups in total. The number of quaternary nitrogens is 1. The van der Waals surface area contributed by atoms with Gasteiger partial charge in [0, 0.05) is 12.8 Å². The van der Waals surface area contributed by atoms with E-state index in [1.54, 1.807) is 0 Å². The molecule has 0 bridgehead atoms. The second-order valence-corrected chi connectivity index (χ2v) is 5.09. The molecule has 124 valence electrons. The topological polar surface area (TPSA) is 152 Å². The van der Waals surface area contributed by atoms with Crippen LogP contribution in [0.3, 0.4) is 0 Å². The van der Waals surface area contributed by atoms with Gasteiger partial charge in [0.25, 0.3) is 0 Å². The summed E-state index contributed by atoms with van der Waals surface area (Å²) in [7, 11) is 2.41. The van der Waals surface area contributed by atoms with E-state index in [9.17, 15) is 0 Å². The van der Waals surface area contributed by atoms with Crippen LogP contribution in [0.2, 0.25) is 0 Å². The second kappa shape index (κ2) is 29.5. The summed E-state index contributed by atoms with van der Waals surface area (Å²) in [6, 6.07) is 0. The van der Waals surface area contributed by atoms with E-state index < -0.39 is 61.9 Å². The van der Waals surface area contributed by atoms with Crippen LogP contribution in [-0.4, -0.2) is 106 Å². The predicted octanol–water partition coefficient (Wildman–Crippen LogP) is -2.83. The normalized spacial score (nSPS) is 12.1. The Bertz CT molecular complexity index is 230. The zero-order valence-electron chi connectivity index (χ0n) is 13.1. The fourth-order valence-corrected chi connectivity index (χ4v) is 1.86. The van der Waals surface area contributed by atoms with Crippen molar-refractivity contribution in [1.29, 1.82) is 0 Å². The van der Waals surface area contributed by atoms with Gasteiger partial charge < -0.3 is 4.48 Å². The fourth-order valence-electron chi connectivity index (χ4n) is 1.86. The van der Waals surface area contributed by atoms with Gasteiger partial charge in [0.05, 0.1) is 26.7 Å². The standard InChI is InChI=1S/C9H20N.4Al.3H2O.5O/c1-3-4-7-10(2)8-5-6-9-10;;;;;;;;;;;;/h3-9H2,1-2H3;;;;;3*1H2;;;;;/q+1;;3*+1;;;;;;;;-1/p-3. The SMILES string of the molecule is CCCC[N+]1(C)CCCC1.[O]=[Al][O-].[O]=[Al][OH].[O]=[Al][OH].[O]=[Al][OH]. The molecule has 9 nitrogen and oxygen atoms in total. The third kappa shape index (κ3) is 37.1. The molecule has 0 spiro atoms. The van der Waals surface area contributed by atoms with Crippen molar-refractivity contribution in [2.75, 3.05) is 26.7 Å². The molecule has 0 aromatic carbocycles. The first kappa shape index (κ1) is 30.4. The molecule has 0 aromatic rings. The van der Waals surface area contributed by atoms with Crippen LogP contribution in [-0.2, 0) is 15.2 Å². The average Bonchev–Trinajstić information content (AvgIpc) is 2.88. The van der Waals surface area contributed by atoms with Crippen LogP contribution in [0, 0.1) is 0 Å². The van der Waals surface area contributed by atoms with E-state index in [1.165, 1.54) is 49.8 Å². The summed E-state index contributed by atoms with van der Waals surface area (Å²) in [6.07, 6.45) is 5.69. The van der Waals surface area contributed by atoms with Crippen LogP contribution in [0.25, 0.3) is 0 Å². The first-order chi connectivity index (χ1) is 10.4. The average molecular weight is 381 g/mol. The predicted molar refractivity (Wildman–Crippen MR) is 77.3 cm³/mol. The number of likely N-dealkylation sites (tertiary alicyclic amines) is 1. The second-order valence-electron chi connectivity index (χ2n) is 4.26. The van der Waals surface area contributed by atoms with Crippen molar-refractivity contribution in [2.24, 2.45) is 0 Å². The van der Waals surface area contributed by atoms with Crippen LogP contribution in [0.5, 0.6) is 0 Å². The van der Waals surface area contributed by atoms with Gasteiger partial charge in [0.1, 0.15) is 0 Å². The van der Waals surface area contributed by atoms with E-state index in [0.29, 0.717) is 0 Å². The summed E-state index contributed by atoms with van der Waals surface area (Å²) in [6.45, 7) is 6.55. The van der Waals surface area contributed by atoms with Crippen LogP contribution >= 0.6 is 0 Å². The Balaban J connectivity index is -0.000000113. The fraction of sp³-hybridized carbons (Fsp3) is 1.00. The Morgan fingerprint density at radius 2 is 1.23 bits per heavy atom. The molecular formula is C9H23Al4NO8. The van der Waals surface area contributed by atoms with Crippen molar-refractivity contribution in [3.63, 3.8) is 0 Å². The number of rotatable bonds is 3. The number of nitrogens with zero attached hydrogens (tertiary/aromatic N) is 1. The van der Waals surface area contributed by atoms with E-state index in [0.717, 1.165) is 0 Å². The van der Waals surface area contributed by atoms with E-state index in [1.807, 2.05) is 0 Å². The van der Waals surface area contributed by atoms with Crippen LogP contribution in [0.15, 0.2) is 0 Å². The summed E-state index contributed by atoms with van der Waals surface area (Å²) in [4.78, 5) is 0. The Labute approximate surface area is 157 Å². The molecule has 0 radical (unpaired) electrons. The summed E-state index contributed by atoms with van der Waals surface area (Å²) in [5, 5.41) is 0. The van der Waals surface area contributed by atoms with Crippen LogP contribution < -0.4 is 4.16 Å². The maximum atomic E-state index is 8.57. The molecule has 1 aliphatic rings. The summed E-state index contributed by atoms with van der Waals surface area (Å²) in [5.41, 5.74) is 0.